The highest BCUT2D eigenvalue weighted by Crippen LogP contribution is 2.40. The summed E-state index contributed by atoms with van der Waals surface area (Å²) in [5, 5.41) is 0. The van der Waals surface area contributed by atoms with Crippen LogP contribution in [-0.2, 0) is 4.74 Å². The zero-order valence-corrected chi connectivity index (χ0v) is 8.68. The minimum atomic E-state index is 0.156. The summed E-state index contributed by atoms with van der Waals surface area (Å²) in [6, 6.07) is 0. The third-order valence-corrected chi connectivity index (χ3v) is 3.45. The van der Waals surface area contributed by atoms with E-state index < -0.39 is 0 Å². The highest BCUT2D eigenvalue weighted by molar-refractivity contribution is 5.14. The molecule has 1 spiro atoms. The molecule has 0 aliphatic carbocycles. The summed E-state index contributed by atoms with van der Waals surface area (Å²) in [5.74, 6) is 0. The lowest BCUT2D eigenvalue weighted by Crippen LogP contribution is -2.42. The Hall–Kier alpha value is -0.340. The number of rotatable bonds is 0. The van der Waals surface area contributed by atoms with Gasteiger partial charge in [0.25, 0.3) is 0 Å². The largest absolute Gasteiger partial charge is 0.367 e. The molecule has 0 aromatic rings. The summed E-state index contributed by atoms with van der Waals surface area (Å²) in [7, 11) is 2.18. The fraction of sp³-hybridized carbons (Fsp3) is 0.818. The summed E-state index contributed by atoms with van der Waals surface area (Å²) in [5.41, 5.74) is 1.44. The standard InChI is InChI=1S/C11H19NO/c1-9-8-11(13-10(9)2)4-6-12(3)7-5-11/h10H,1,4-8H2,2-3H3/t10-/m1/s1. The van der Waals surface area contributed by atoms with E-state index in [0.717, 1.165) is 6.42 Å². The quantitative estimate of drug-likeness (QED) is 0.528. The molecule has 0 saturated carbocycles. The van der Waals surface area contributed by atoms with Crippen LogP contribution in [0, 0.1) is 0 Å². The van der Waals surface area contributed by atoms with Crippen molar-refractivity contribution >= 4 is 0 Å². The van der Waals surface area contributed by atoms with Gasteiger partial charge in [0, 0.05) is 13.1 Å². The van der Waals surface area contributed by atoms with Gasteiger partial charge in [-0.25, -0.2) is 0 Å². The van der Waals surface area contributed by atoms with Crippen LogP contribution < -0.4 is 0 Å². The number of hydrogen-bond donors (Lipinski definition) is 0. The Balaban J connectivity index is 2.03. The van der Waals surface area contributed by atoms with Crippen LogP contribution in [0.15, 0.2) is 12.2 Å². The Kier molecular flexibility index (Phi) is 2.20. The second-order valence-corrected chi connectivity index (χ2v) is 4.58. The number of hydrogen-bond acceptors (Lipinski definition) is 2. The second-order valence-electron chi connectivity index (χ2n) is 4.58. The van der Waals surface area contributed by atoms with Gasteiger partial charge in [-0.3, -0.25) is 0 Å². The fourth-order valence-electron chi connectivity index (χ4n) is 2.38. The van der Waals surface area contributed by atoms with Gasteiger partial charge in [0.05, 0.1) is 11.7 Å². The molecule has 2 fully saturated rings. The maximum Gasteiger partial charge on any atom is 0.0763 e. The van der Waals surface area contributed by atoms with Gasteiger partial charge in [0.1, 0.15) is 0 Å². The fourth-order valence-corrected chi connectivity index (χ4v) is 2.38. The van der Waals surface area contributed by atoms with Crippen LogP contribution in [0.1, 0.15) is 26.2 Å². The molecule has 2 rings (SSSR count). The monoisotopic (exact) mass is 181 g/mol. The predicted molar refractivity (Wildman–Crippen MR) is 53.8 cm³/mol. The molecule has 2 aliphatic heterocycles. The van der Waals surface area contributed by atoms with Crippen molar-refractivity contribution in [3.8, 4) is 0 Å². The Labute approximate surface area is 80.6 Å². The Morgan fingerprint density at radius 3 is 2.54 bits per heavy atom. The van der Waals surface area contributed by atoms with Crippen LogP contribution in [0.5, 0.6) is 0 Å². The zero-order valence-electron chi connectivity index (χ0n) is 8.68. The normalized spacial score (nSPS) is 34.3. The summed E-state index contributed by atoms with van der Waals surface area (Å²) in [4.78, 5) is 2.38. The van der Waals surface area contributed by atoms with Gasteiger partial charge < -0.3 is 9.64 Å². The average molecular weight is 181 g/mol. The molecule has 0 aromatic heterocycles. The Morgan fingerprint density at radius 2 is 2.08 bits per heavy atom. The van der Waals surface area contributed by atoms with E-state index in [2.05, 4.69) is 25.5 Å². The molecule has 0 bridgehead atoms. The first kappa shape index (κ1) is 9.22. The molecule has 2 aliphatic rings. The van der Waals surface area contributed by atoms with E-state index in [4.69, 9.17) is 4.74 Å². The summed E-state index contributed by atoms with van der Waals surface area (Å²) >= 11 is 0. The molecule has 13 heavy (non-hydrogen) atoms. The maximum atomic E-state index is 6.02. The lowest BCUT2D eigenvalue weighted by Gasteiger charge is -2.37. The SMILES string of the molecule is C=C1CC2(CCN(C)CC2)O[C@@H]1C. The molecule has 74 valence electrons. The van der Waals surface area contributed by atoms with Crippen molar-refractivity contribution in [2.24, 2.45) is 0 Å². The minimum Gasteiger partial charge on any atom is -0.367 e. The molecule has 0 N–H and O–H groups in total. The van der Waals surface area contributed by atoms with Crippen molar-refractivity contribution in [3.05, 3.63) is 12.2 Å². The van der Waals surface area contributed by atoms with E-state index in [1.807, 2.05) is 0 Å². The lowest BCUT2D eigenvalue weighted by atomic mass is 9.87. The second kappa shape index (κ2) is 3.10. The first-order valence-corrected chi connectivity index (χ1v) is 5.15. The van der Waals surface area contributed by atoms with E-state index in [1.165, 1.54) is 31.5 Å². The molecule has 1 atom stereocenters. The van der Waals surface area contributed by atoms with Gasteiger partial charge in [0.2, 0.25) is 0 Å². The molecule has 2 heterocycles. The van der Waals surface area contributed by atoms with Crippen LogP contribution in [0.2, 0.25) is 0 Å². The van der Waals surface area contributed by atoms with Crippen LogP contribution in [0.3, 0.4) is 0 Å². The predicted octanol–water partition coefficient (Wildman–Crippen LogP) is 1.82. The number of likely N-dealkylation sites (tertiary alicyclic amines) is 1. The number of ether oxygens (including phenoxy) is 1. The molecular formula is C11H19NO. The first-order valence-electron chi connectivity index (χ1n) is 5.15. The summed E-state index contributed by atoms with van der Waals surface area (Å²) < 4.78 is 6.02. The van der Waals surface area contributed by atoms with Crippen molar-refractivity contribution in [2.45, 2.75) is 37.9 Å². The van der Waals surface area contributed by atoms with E-state index >= 15 is 0 Å². The molecule has 0 aromatic carbocycles. The van der Waals surface area contributed by atoms with Crippen molar-refractivity contribution in [3.63, 3.8) is 0 Å². The van der Waals surface area contributed by atoms with Gasteiger partial charge >= 0.3 is 0 Å². The highest BCUT2D eigenvalue weighted by Gasteiger charge is 2.42. The van der Waals surface area contributed by atoms with Crippen LogP contribution in [0.4, 0.5) is 0 Å². The van der Waals surface area contributed by atoms with Crippen molar-refractivity contribution in [2.75, 3.05) is 20.1 Å². The van der Waals surface area contributed by atoms with Crippen LogP contribution >= 0.6 is 0 Å². The molecule has 0 amide bonds. The van der Waals surface area contributed by atoms with Crippen molar-refractivity contribution in [1.29, 1.82) is 0 Å². The maximum absolute atomic E-state index is 6.02. The van der Waals surface area contributed by atoms with Gasteiger partial charge in [0.15, 0.2) is 0 Å². The van der Waals surface area contributed by atoms with Crippen molar-refractivity contribution < 1.29 is 4.74 Å². The lowest BCUT2D eigenvalue weighted by molar-refractivity contribution is -0.0667. The zero-order chi connectivity index (χ0) is 9.47. The minimum absolute atomic E-state index is 0.156. The van der Waals surface area contributed by atoms with Gasteiger partial charge in [-0.15, -0.1) is 0 Å². The third-order valence-electron chi connectivity index (χ3n) is 3.45. The smallest absolute Gasteiger partial charge is 0.0763 e. The molecule has 0 radical (unpaired) electrons. The third kappa shape index (κ3) is 1.65. The topological polar surface area (TPSA) is 12.5 Å². The van der Waals surface area contributed by atoms with Crippen LogP contribution in [0.25, 0.3) is 0 Å². The molecule has 2 heteroatoms. The van der Waals surface area contributed by atoms with Crippen molar-refractivity contribution in [1.82, 2.24) is 4.90 Å². The van der Waals surface area contributed by atoms with E-state index in [9.17, 15) is 0 Å². The Morgan fingerprint density at radius 1 is 1.46 bits per heavy atom. The van der Waals surface area contributed by atoms with Crippen LogP contribution in [-0.4, -0.2) is 36.7 Å². The van der Waals surface area contributed by atoms with E-state index in [-0.39, 0.29) is 11.7 Å². The molecule has 2 saturated heterocycles. The summed E-state index contributed by atoms with van der Waals surface area (Å²) in [6.07, 6.45) is 3.71. The first-order chi connectivity index (χ1) is 6.11. The number of nitrogens with zero attached hydrogens (tertiary/aromatic N) is 1. The van der Waals surface area contributed by atoms with E-state index in [1.54, 1.807) is 0 Å². The average Bonchev–Trinajstić information content (AvgIpc) is 2.36. The molecular weight excluding hydrogens is 162 g/mol. The Bertz CT molecular complexity index is 216. The summed E-state index contributed by atoms with van der Waals surface area (Å²) in [6.45, 7) is 8.52. The van der Waals surface area contributed by atoms with Gasteiger partial charge in [-0.2, -0.15) is 0 Å². The highest BCUT2D eigenvalue weighted by atomic mass is 16.5. The molecule has 0 unspecified atom stereocenters. The van der Waals surface area contributed by atoms with Gasteiger partial charge in [-0.05, 0) is 38.8 Å². The van der Waals surface area contributed by atoms with Gasteiger partial charge in [-0.1, -0.05) is 6.58 Å². The van der Waals surface area contributed by atoms with E-state index in [0.29, 0.717) is 0 Å². The molecule has 2 nitrogen and oxygen atoms in total. The number of piperidine rings is 1.